The molecular weight excluding hydrogens is 1010 g/mol. The van der Waals surface area contributed by atoms with Crippen molar-refractivity contribution in [3.05, 3.63) is 85.1 Å². The molecule has 0 saturated heterocycles. The number of esters is 3. The first-order valence-electron chi connectivity index (χ1n) is 35.6. The highest BCUT2D eigenvalue weighted by atomic mass is 16.6. The molecule has 0 radical (unpaired) electrons. The second-order valence-corrected chi connectivity index (χ2v) is 23.8. The number of carbonyl (C=O) groups excluding carboxylic acids is 3. The highest BCUT2D eigenvalue weighted by Crippen LogP contribution is 2.18. The van der Waals surface area contributed by atoms with Gasteiger partial charge < -0.3 is 14.2 Å². The topological polar surface area (TPSA) is 78.9 Å². The molecule has 0 aromatic rings. The minimum absolute atomic E-state index is 0.0720. The van der Waals surface area contributed by atoms with E-state index in [2.05, 4.69) is 106 Å². The Hall–Kier alpha value is -3.41. The van der Waals surface area contributed by atoms with Gasteiger partial charge in [0.05, 0.1) is 0 Å². The monoisotopic (exact) mass is 1140 g/mol. The zero-order chi connectivity index (χ0) is 59.2. The molecule has 474 valence electrons. The Morgan fingerprint density at radius 3 is 0.768 bits per heavy atom. The van der Waals surface area contributed by atoms with E-state index < -0.39 is 6.10 Å². The van der Waals surface area contributed by atoms with Gasteiger partial charge in [0, 0.05) is 19.3 Å². The van der Waals surface area contributed by atoms with Crippen molar-refractivity contribution in [1.29, 1.82) is 0 Å². The van der Waals surface area contributed by atoms with E-state index in [0.717, 1.165) is 96.3 Å². The summed E-state index contributed by atoms with van der Waals surface area (Å²) in [5.74, 6) is -0.858. The molecule has 0 heterocycles. The molecule has 0 N–H and O–H groups in total. The van der Waals surface area contributed by atoms with Crippen molar-refractivity contribution in [3.8, 4) is 0 Å². The molecule has 0 aromatic carbocycles. The van der Waals surface area contributed by atoms with Gasteiger partial charge in [-0.1, -0.05) is 331 Å². The summed E-state index contributed by atoms with van der Waals surface area (Å²) in [6.07, 6.45) is 93.4. The van der Waals surface area contributed by atoms with Crippen LogP contribution in [-0.4, -0.2) is 37.2 Å². The molecule has 82 heavy (non-hydrogen) atoms. The van der Waals surface area contributed by atoms with Crippen LogP contribution in [0.2, 0.25) is 0 Å². The lowest BCUT2D eigenvalue weighted by molar-refractivity contribution is -0.167. The highest BCUT2D eigenvalue weighted by Gasteiger charge is 2.19. The maximum atomic E-state index is 12.9. The van der Waals surface area contributed by atoms with Crippen molar-refractivity contribution in [2.24, 2.45) is 0 Å². The predicted octanol–water partition coefficient (Wildman–Crippen LogP) is 24.6. The van der Waals surface area contributed by atoms with E-state index >= 15 is 0 Å². The molecule has 0 saturated carbocycles. The van der Waals surface area contributed by atoms with Crippen LogP contribution in [0.5, 0.6) is 0 Å². The smallest absolute Gasteiger partial charge is 0.306 e. The Morgan fingerprint density at radius 1 is 0.256 bits per heavy atom. The molecule has 0 bridgehead atoms. The van der Waals surface area contributed by atoms with Crippen molar-refractivity contribution in [2.75, 3.05) is 13.2 Å². The summed E-state index contributed by atoms with van der Waals surface area (Å²) in [7, 11) is 0. The van der Waals surface area contributed by atoms with E-state index in [1.807, 2.05) is 0 Å². The molecule has 1 atom stereocenters. The van der Waals surface area contributed by atoms with Crippen molar-refractivity contribution in [1.82, 2.24) is 0 Å². The number of rotatable bonds is 65. The fourth-order valence-corrected chi connectivity index (χ4v) is 10.3. The van der Waals surface area contributed by atoms with Gasteiger partial charge >= 0.3 is 17.9 Å². The standard InChI is InChI=1S/C76H134O6/c1-4-7-10-13-16-19-22-24-26-28-30-31-32-33-34-35-36-37-38-39-40-41-42-43-44-45-47-48-50-52-54-57-60-63-66-69-75(78)81-72-73(71-80-74(77)68-65-62-59-56-21-18-15-12-9-6-3)82-76(79)70-67-64-61-58-55-53-51-49-46-29-27-25-23-20-17-14-11-8-5-2/h7,10,16-17,19-20,24-27,30-31,33-34,73H,4-6,8-9,11-15,18,21-23,28-29,32,35-72H2,1-3H3/b10-7-,19-16-,20-17-,26-24-,27-25-,31-30-,34-33-. The Kier molecular flexibility index (Phi) is 67.2. The minimum Gasteiger partial charge on any atom is -0.462 e. The van der Waals surface area contributed by atoms with Gasteiger partial charge in [0.15, 0.2) is 6.10 Å². The van der Waals surface area contributed by atoms with Gasteiger partial charge in [-0.05, 0) is 96.3 Å². The number of allylic oxidation sites excluding steroid dienone is 14. The molecule has 1 unspecified atom stereocenters. The van der Waals surface area contributed by atoms with Crippen molar-refractivity contribution < 1.29 is 28.6 Å². The summed E-state index contributed by atoms with van der Waals surface area (Å²) in [6, 6.07) is 0. The third-order valence-corrected chi connectivity index (χ3v) is 15.6. The van der Waals surface area contributed by atoms with E-state index in [1.54, 1.807) is 0 Å². The van der Waals surface area contributed by atoms with Gasteiger partial charge in [-0.25, -0.2) is 0 Å². The number of carbonyl (C=O) groups is 3. The maximum Gasteiger partial charge on any atom is 0.306 e. The third-order valence-electron chi connectivity index (χ3n) is 15.6. The normalized spacial score (nSPS) is 12.6. The first-order valence-corrected chi connectivity index (χ1v) is 35.6. The van der Waals surface area contributed by atoms with Crippen molar-refractivity contribution in [2.45, 2.75) is 367 Å². The molecule has 0 fully saturated rings. The largest absolute Gasteiger partial charge is 0.462 e. The van der Waals surface area contributed by atoms with Crippen LogP contribution in [0, 0.1) is 0 Å². The van der Waals surface area contributed by atoms with Gasteiger partial charge in [-0.3, -0.25) is 14.4 Å². The molecule has 0 spiro atoms. The predicted molar refractivity (Wildman–Crippen MR) is 358 cm³/mol. The zero-order valence-corrected chi connectivity index (χ0v) is 54.5. The summed E-state index contributed by atoms with van der Waals surface area (Å²) in [5.41, 5.74) is 0. The van der Waals surface area contributed by atoms with E-state index in [4.69, 9.17) is 14.2 Å². The van der Waals surface area contributed by atoms with Crippen LogP contribution in [0.3, 0.4) is 0 Å². The third kappa shape index (κ3) is 67.4. The molecular formula is C76H134O6. The first kappa shape index (κ1) is 78.6. The van der Waals surface area contributed by atoms with Crippen molar-refractivity contribution >= 4 is 17.9 Å². The van der Waals surface area contributed by atoms with Crippen LogP contribution in [0.15, 0.2) is 85.1 Å². The van der Waals surface area contributed by atoms with Crippen molar-refractivity contribution in [3.63, 3.8) is 0 Å². The fourth-order valence-electron chi connectivity index (χ4n) is 10.3. The number of hydrogen-bond donors (Lipinski definition) is 0. The lowest BCUT2D eigenvalue weighted by Gasteiger charge is -2.18. The second-order valence-electron chi connectivity index (χ2n) is 23.8. The van der Waals surface area contributed by atoms with Crippen LogP contribution in [0.4, 0.5) is 0 Å². The minimum atomic E-state index is -0.775. The van der Waals surface area contributed by atoms with Crippen LogP contribution >= 0.6 is 0 Å². The molecule has 6 heteroatoms. The number of hydrogen-bond acceptors (Lipinski definition) is 6. The van der Waals surface area contributed by atoms with Gasteiger partial charge in [0.2, 0.25) is 0 Å². The SMILES string of the molecule is CC/C=C\C/C=C\C/C=C\C/C=C\C/C=C\CCCCCCCCCCCCCCCCCCCCCC(=O)OCC(COC(=O)CCCCCCCCCCCC)OC(=O)CCCCCCCCCCC/C=C\C/C=C\CCCCC. The van der Waals surface area contributed by atoms with E-state index in [1.165, 1.54) is 225 Å². The lowest BCUT2D eigenvalue weighted by Crippen LogP contribution is -2.30. The molecule has 0 aromatic heterocycles. The number of ether oxygens (including phenoxy) is 3. The average molecular weight is 1140 g/mol. The Labute approximate surface area is 509 Å². The van der Waals surface area contributed by atoms with E-state index in [9.17, 15) is 14.4 Å². The second kappa shape index (κ2) is 70.1. The number of unbranched alkanes of at least 4 members (excludes halogenated alkanes) is 40. The summed E-state index contributed by atoms with van der Waals surface area (Å²) < 4.78 is 16.9. The average Bonchev–Trinajstić information content (AvgIpc) is 3.48. The maximum absolute atomic E-state index is 12.9. The summed E-state index contributed by atoms with van der Waals surface area (Å²) in [6.45, 7) is 6.53. The summed E-state index contributed by atoms with van der Waals surface area (Å²) in [5, 5.41) is 0. The Bertz CT molecular complexity index is 1550. The fraction of sp³-hybridized carbons (Fsp3) is 0.776. The molecule has 0 aliphatic carbocycles. The molecule has 0 amide bonds. The van der Waals surface area contributed by atoms with Crippen LogP contribution < -0.4 is 0 Å². The van der Waals surface area contributed by atoms with Gasteiger partial charge in [-0.15, -0.1) is 0 Å². The summed E-state index contributed by atoms with van der Waals surface area (Å²) >= 11 is 0. The van der Waals surface area contributed by atoms with Gasteiger partial charge in [-0.2, -0.15) is 0 Å². The molecule has 0 aliphatic heterocycles. The molecule has 6 nitrogen and oxygen atoms in total. The zero-order valence-electron chi connectivity index (χ0n) is 54.5. The van der Waals surface area contributed by atoms with Crippen LogP contribution in [0.25, 0.3) is 0 Å². The Balaban J connectivity index is 4.08. The molecule has 0 aliphatic rings. The first-order chi connectivity index (χ1) is 40.5. The van der Waals surface area contributed by atoms with Crippen LogP contribution in [0.1, 0.15) is 361 Å². The highest BCUT2D eigenvalue weighted by molar-refractivity contribution is 5.71. The van der Waals surface area contributed by atoms with Crippen LogP contribution in [-0.2, 0) is 28.6 Å². The molecule has 0 rings (SSSR count). The van der Waals surface area contributed by atoms with Gasteiger partial charge in [0.1, 0.15) is 13.2 Å². The lowest BCUT2D eigenvalue weighted by atomic mass is 10.0. The summed E-state index contributed by atoms with van der Waals surface area (Å²) in [4.78, 5) is 38.3. The van der Waals surface area contributed by atoms with Gasteiger partial charge in [0.25, 0.3) is 0 Å². The van der Waals surface area contributed by atoms with E-state index in [-0.39, 0.29) is 31.1 Å². The quantitative estimate of drug-likeness (QED) is 0.0261. The Morgan fingerprint density at radius 2 is 0.476 bits per heavy atom. The van der Waals surface area contributed by atoms with E-state index in [0.29, 0.717) is 19.3 Å².